The molecule has 6 nitrogen and oxygen atoms in total. The third-order valence-electron chi connectivity index (χ3n) is 4.30. The minimum absolute atomic E-state index is 0. The molecule has 0 unspecified atom stereocenters. The molecule has 1 aliphatic carbocycles. The van der Waals surface area contributed by atoms with Crippen LogP contribution in [0.4, 0.5) is 5.69 Å². The van der Waals surface area contributed by atoms with Crippen LogP contribution in [-0.4, -0.2) is 50.5 Å². The quantitative estimate of drug-likeness (QED) is 0.338. The number of nitrogens with one attached hydrogen (secondary N) is 3. The van der Waals surface area contributed by atoms with Crippen molar-refractivity contribution in [1.82, 2.24) is 15.5 Å². The van der Waals surface area contributed by atoms with Crippen molar-refractivity contribution >= 4 is 41.5 Å². The second-order valence-corrected chi connectivity index (χ2v) is 6.89. The zero-order chi connectivity index (χ0) is 18.1. The number of aliphatic imine (C=N–C) groups is 1. The largest absolute Gasteiger partial charge is 0.354 e. The summed E-state index contributed by atoms with van der Waals surface area (Å²) in [5.74, 6) is 0.832. The van der Waals surface area contributed by atoms with E-state index in [0.717, 1.165) is 17.2 Å². The summed E-state index contributed by atoms with van der Waals surface area (Å²) in [7, 11) is 5.56. The molecule has 0 bridgehead atoms. The molecular formula is C19H32IN5O. The smallest absolute Gasteiger partial charge is 0.238 e. The van der Waals surface area contributed by atoms with Gasteiger partial charge in [-0.15, -0.1) is 24.0 Å². The van der Waals surface area contributed by atoms with Crippen molar-refractivity contribution in [2.75, 3.05) is 33.0 Å². The number of guanidine groups is 1. The van der Waals surface area contributed by atoms with Crippen LogP contribution in [0.3, 0.4) is 0 Å². The number of nitrogens with zero attached hydrogens (tertiary/aromatic N) is 2. The van der Waals surface area contributed by atoms with Crippen LogP contribution in [-0.2, 0) is 11.3 Å². The molecule has 0 radical (unpaired) electrons. The summed E-state index contributed by atoms with van der Waals surface area (Å²) < 4.78 is 0. The standard InChI is InChI=1S/C19H31N5O.HI/c1-20-19(23-16-9-5-4-6-10-16)21-13-15-8-7-11-17(12-15)22-18(25)14-24(2)3;/h7-8,11-12,16H,4-6,9-10,13-14H2,1-3H3,(H,22,25)(H2,20,21,23);1H. The van der Waals surface area contributed by atoms with Crippen LogP contribution in [0, 0.1) is 0 Å². The van der Waals surface area contributed by atoms with Gasteiger partial charge in [-0.2, -0.15) is 0 Å². The van der Waals surface area contributed by atoms with E-state index in [1.54, 1.807) is 7.05 Å². The maximum atomic E-state index is 11.9. The van der Waals surface area contributed by atoms with E-state index in [1.165, 1.54) is 32.1 Å². The predicted octanol–water partition coefficient (Wildman–Crippen LogP) is 2.80. The molecule has 146 valence electrons. The van der Waals surface area contributed by atoms with E-state index >= 15 is 0 Å². The summed E-state index contributed by atoms with van der Waals surface area (Å²) in [6, 6.07) is 8.43. The van der Waals surface area contributed by atoms with Crippen molar-refractivity contribution in [2.45, 2.75) is 44.7 Å². The molecule has 0 aliphatic heterocycles. The highest BCUT2D eigenvalue weighted by Crippen LogP contribution is 2.17. The van der Waals surface area contributed by atoms with Crippen molar-refractivity contribution in [3.05, 3.63) is 29.8 Å². The van der Waals surface area contributed by atoms with Gasteiger partial charge in [0, 0.05) is 25.3 Å². The zero-order valence-electron chi connectivity index (χ0n) is 16.0. The molecule has 1 aromatic rings. The molecule has 1 aromatic carbocycles. The molecule has 1 aliphatic rings. The summed E-state index contributed by atoms with van der Waals surface area (Å²) >= 11 is 0. The van der Waals surface area contributed by atoms with E-state index in [1.807, 2.05) is 43.3 Å². The topological polar surface area (TPSA) is 68.8 Å². The van der Waals surface area contributed by atoms with Gasteiger partial charge in [-0.05, 0) is 44.6 Å². The second kappa shape index (κ2) is 12.1. The minimum atomic E-state index is -0.00937. The van der Waals surface area contributed by atoms with Crippen LogP contribution in [0.5, 0.6) is 0 Å². The minimum Gasteiger partial charge on any atom is -0.354 e. The summed E-state index contributed by atoms with van der Waals surface area (Å²) in [4.78, 5) is 18.0. The van der Waals surface area contributed by atoms with Crippen LogP contribution in [0.25, 0.3) is 0 Å². The SMILES string of the molecule is CN=C(NCc1cccc(NC(=O)CN(C)C)c1)NC1CCCCC1.I. The number of hydrogen-bond acceptors (Lipinski definition) is 3. The second-order valence-electron chi connectivity index (χ2n) is 6.89. The van der Waals surface area contributed by atoms with Crippen molar-refractivity contribution in [3.63, 3.8) is 0 Å². The molecule has 0 heterocycles. The lowest BCUT2D eigenvalue weighted by atomic mass is 9.96. The third kappa shape index (κ3) is 8.35. The van der Waals surface area contributed by atoms with E-state index < -0.39 is 0 Å². The molecule has 0 saturated heterocycles. The van der Waals surface area contributed by atoms with Gasteiger partial charge in [-0.1, -0.05) is 31.4 Å². The Hall–Kier alpha value is -1.35. The molecule has 1 fully saturated rings. The van der Waals surface area contributed by atoms with Gasteiger partial charge < -0.3 is 20.9 Å². The lowest BCUT2D eigenvalue weighted by Gasteiger charge is -2.25. The van der Waals surface area contributed by atoms with Crippen LogP contribution in [0.15, 0.2) is 29.3 Å². The highest BCUT2D eigenvalue weighted by molar-refractivity contribution is 14.0. The van der Waals surface area contributed by atoms with Gasteiger partial charge in [0.15, 0.2) is 5.96 Å². The molecular weight excluding hydrogens is 441 g/mol. The number of rotatable bonds is 6. The molecule has 2 rings (SSSR count). The average molecular weight is 473 g/mol. The fourth-order valence-corrected chi connectivity index (χ4v) is 3.07. The van der Waals surface area contributed by atoms with Gasteiger partial charge in [-0.25, -0.2) is 0 Å². The van der Waals surface area contributed by atoms with Crippen molar-refractivity contribution < 1.29 is 4.79 Å². The van der Waals surface area contributed by atoms with Crippen LogP contribution >= 0.6 is 24.0 Å². The maximum Gasteiger partial charge on any atom is 0.238 e. The lowest BCUT2D eigenvalue weighted by Crippen LogP contribution is -2.43. The van der Waals surface area contributed by atoms with Crippen molar-refractivity contribution in [3.8, 4) is 0 Å². The Kier molecular flexibility index (Phi) is 10.6. The van der Waals surface area contributed by atoms with Gasteiger partial charge >= 0.3 is 0 Å². The Morgan fingerprint density at radius 1 is 1.23 bits per heavy atom. The van der Waals surface area contributed by atoms with Crippen LogP contribution in [0.2, 0.25) is 0 Å². The number of carbonyl (C=O) groups excluding carboxylic acids is 1. The molecule has 0 atom stereocenters. The first-order valence-electron chi connectivity index (χ1n) is 9.07. The van der Waals surface area contributed by atoms with Crippen molar-refractivity contribution in [2.24, 2.45) is 4.99 Å². The van der Waals surface area contributed by atoms with E-state index in [9.17, 15) is 4.79 Å². The number of halogens is 1. The highest BCUT2D eigenvalue weighted by atomic mass is 127. The Morgan fingerprint density at radius 2 is 1.96 bits per heavy atom. The molecule has 7 heteroatoms. The van der Waals surface area contributed by atoms with Gasteiger partial charge in [0.25, 0.3) is 0 Å². The van der Waals surface area contributed by atoms with Gasteiger partial charge in [0.1, 0.15) is 0 Å². The van der Waals surface area contributed by atoms with E-state index in [2.05, 4.69) is 20.9 Å². The molecule has 26 heavy (non-hydrogen) atoms. The van der Waals surface area contributed by atoms with E-state index in [-0.39, 0.29) is 29.9 Å². The number of hydrogen-bond donors (Lipinski definition) is 3. The first-order valence-corrected chi connectivity index (χ1v) is 9.07. The Morgan fingerprint density at radius 3 is 2.62 bits per heavy atom. The molecule has 1 amide bonds. The fraction of sp³-hybridized carbons (Fsp3) is 0.579. The van der Waals surface area contributed by atoms with Gasteiger partial charge in [0.2, 0.25) is 5.91 Å². The summed E-state index contributed by atoms with van der Waals surface area (Å²) in [6.45, 7) is 1.05. The Balaban J connectivity index is 0.00000338. The monoisotopic (exact) mass is 473 g/mol. The Bertz CT molecular complexity index is 585. The maximum absolute atomic E-state index is 11.9. The highest BCUT2D eigenvalue weighted by Gasteiger charge is 2.14. The predicted molar refractivity (Wildman–Crippen MR) is 119 cm³/mol. The Labute approximate surface area is 174 Å². The van der Waals surface area contributed by atoms with Crippen LogP contribution < -0.4 is 16.0 Å². The normalized spacial score (nSPS) is 15.3. The van der Waals surface area contributed by atoms with Gasteiger partial charge in [-0.3, -0.25) is 9.79 Å². The number of benzene rings is 1. The number of amides is 1. The summed E-state index contributed by atoms with van der Waals surface area (Å²) in [5, 5.41) is 9.80. The molecule has 3 N–H and O–H groups in total. The molecule has 0 aromatic heterocycles. The molecule has 0 spiro atoms. The first kappa shape index (κ1) is 22.7. The van der Waals surface area contributed by atoms with Gasteiger partial charge in [0.05, 0.1) is 6.54 Å². The number of likely N-dealkylation sites (N-methyl/N-ethyl adjacent to an activating group) is 1. The van der Waals surface area contributed by atoms with Crippen molar-refractivity contribution in [1.29, 1.82) is 0 Å². The first-order chi connectivity index (χ1) is 12.1. The fourth-order valence-electron chi connectivity index (χ4n) is 3.07. The third-order valence-corrected chi connectivity index (χ3v) is 4.30. The zero-order valence-corrected chi connectivity index (χ0v) is 18.4. The molecule has 1 saturated carbocycles. The number of anilines is 1. The van der Waals surface area contributed by atoms with E-state index in [0.29, 0.717) is 19.1 Å². The lowest BCUT2D eigenvalue weighted by molar-refractivity contribution is -0.116. The van der Waals surface area contributed by atoms with Crippen LogP contribution in [0.1, 0.15) is 37.7 Å². The summed E-state index contributed by atoms with van der Waals surface area (Å²) in [5.41, 5.74) is 1.93. The number of carbonyl (C=O) groups is 1. The van der Waals surface area contributed by atoms with E-state index in [4.69, 9.17) is 0 Å². The summed E-state index contributed by atoms with van der Waals surface area (Å²) in [6.07, 6.45) is 6.37. The average Bonchev–Trinajstić information content (AvgIpc) is 2.59.